The van der Waals surface area contributed by atoms with Crippen molar-refractivity contribution in [2.45, 2.75) is 31.7 Å². The molecule has 0 aromatic heterocycles. The Labute approximate surface area is 123 Å². The highest BCUT2D eigenvalue weighted by molar-refractivity contribution is 7.80. The minimum atomic E-state index is -0.159. The predicted molar refractivity (Wildman–Crippen MR) is 83.1 cm³/mol. The van der Waals surface area contributed by atoms with E-state index in [1.807, 2.05) is 0 Å². The van der Waals surface area contributed by atoms with Crippen molar-refractivity contribution in [1.82, 2.24) is 5.32 Å². The predicted octanol–water partition coefficient (Wildman–Crippen LogP) is 2.42. The number of hydrogen-bond acceptors (Lipinski definition) is 3. The van der Waals surface area contributed by atoms with Gasteiger partial charge in [-0.05, 0) is 37.1 Å². The van der Waals surface area contributed by atoms with E-state index in [1.165, 1.54) is 12.8 Å². The van der Waals surface area contributed by atoms with Gasteiger partial charge in [-0.25, -0.2) is 4.79 Å². The number of ether oxygens (including phenoxy) is 1. The molecule has 4 N–H and O–H groups in total. The second kappa shape index (κ2) is 7.09. The third kappa shape index (κ3) is 4.70. The molecule has 1 aromatic carbocycles. The summed E-state index contributed by atoms with van der Waals surface area (Å²) < 4.78 is 5.34. The molecule has 0 saturated heterocycles. The molecule has 108 valence electrons. The second-order valence-electron chi connectivity index (χ2n) is 4.86. The Kier molecular flexibility index (Phi) is 5.17. The third-order valence-electron chi connectivity index (χ3n) is 3.18. The molecular formula is C14H19N3O2S. The summed E-state index contributed by atoms with van der Waals surface area (Å²) in [4.78, 5) is 12.1. The number of thiocarbonyl (C=S) groups is 1. The summed E-state index contributed by atoms with van der Waals surface area (Å²) >= 11 is 4.73. The normalized spacial score (nSPS) is 14.8. The monoisotopic (exact) mass is 293 g/mol. The molecule has 1 fully saturated rings. The fourth-order valence-electron chi connectivity index (χ4n) is 2.21. The number of rotatable bonds is 5. The van der Waals surface area contributed by atoms with Crippen molar-refractivity contribution in [3.05, 3.63) is 24.3 Å². The number of urea groups is 1. The van der Waals surface area contributed by atoms with E-state index in [9.17, 15) is 4.79 Å². The van der Waals surface area contributed by atoms with Gasteiger partial charge in [-0.2, -0.15) is 0 Å². The maximum atomic E-state index is 11.8. The zero-order valence-electron chi connectivity index (χ0n) is 11.2. The van der Waals surface area contributed by atoms with E-state index in [0.717, 1.165) is 18.5 Å². The van der Waals surface area contributed by atoms with Crippen LogP contribution in [0.1, 0.15) is 25.7 Å². The molecule has 2 rings (SSSR count). The van der Waals surface area contributed by atoms with E-state index in [-0.39, 0.29) is 12.6 Å². The van der Waals surface area contributed by atoms with Gasteiger partial charge in [-0.3, -0.25) is 0 Å². The van der Waals surface area contributed by atoms with Gasteiger partial charge in [0.1, 0.15) is 17.3 Å². The van der Waals surface area contributed by atoms with Crippen LogP contribution in [0.2, 0.25) is 0 Å². The van der Waals surface area contributed by atoms with E-state index < -0.39 is 0 Å². The largest absolute Gasteiger partial charge is 0.487 e. The Bertz CT molecular complexity index is 470. The number of carbonyl (C=O) groups is 1. The first-order valence-corrected chi connectivity index (χ1v) is 7.13. The topological polar surface area (TPSA) is 76.4 Å². The van der Waals surface area contributed by atoms with Crippen LogP contribution < -0.4 is 21.1 Å². The summed E-state index contributed by atoms with van der Waals surface area (Å²) in [5.74, 6) is 0.666. The van der Waals surface area contributed by atoms with Crippen molar-refractivity contribution in [2.24, 2.45) is 5.73 Å². The average Bonchev–Trinajstić information content (AvgIpc) is 2.90. The molecule has 0 heterocycles. The molecule has 0 radical (unpaired) electrons. The first-order chi connectivity index (χ1) is 9.63. The summed E-state index contributed by atoms with van der Waals surface area (Å²) in [5, 5.41) is 5.77. The molecule has 1 aliphatic carbocycles. The minimum Gasteiger partial charge on any atom is -0.487 e. The van der Waals surface area contributed by atoms with E-state index in [1.54, 1.807) is 24.3 Å². The van der Waals surface area contributed by atoms with Gasteiger partial charge in [-0.15, -0.1) is 0 Å². The highest BCUT2D eigenvalue weighted by Crippen LogP contribution is 2.18. The minimum absolute atomic E-state index is 0.159. The van der Waals surface area contributed by atoms with E-state index in [0.29, 0.717) is 16.8 Å². The van der Waals surface area contributed by atoms with Gasteiger partial charge in [0.15, 0.2) is 0 Å². The third-order valence-corrected chi connectivity index (χ3v) is 3.30. The molecule has 0 spiro atoms. The number of hydrogen-bond donors (Lipinski definition) is 3. The molecule has 1 aliphatic rings. The summed E-state index contributed by atoms with van der Waals surface area (Å²) in [7, 11) is 0. The lowest BCUT2D eigenvalue weighted by atomic mass is 10.2. The molecular weight excluding hydrogens is 274 g/mol. The van der Waals surface area contributed by atoms with Gasteiger partial charge >= 0.3 is 6.03 Å². The Balaban J connectivity index is 1.80. The fourth-order valence-corrected chi connectivity index (χ4v) is 2.27. The van der Waals surface area contributed by atoms with Crippen molar-refractivity contribution in [1.29, 1.82) is 0 Å². The lowest BCUT2D eigenvalue weighted by molar-refractivity contribution is 0.248. The van der Waals surface area contributed by atoms with Crippen LogP contribution in [0.3, 0.4) is 0 Å². The quantitative estimate of drug-likeness (QED) is 0.729. The highest BCUT2D eigenvalue weighted by atomic mass is 32.1. The second-order valence-corrected chi connectivity index (χ2v) is 5.38. The van der Waals surface area contributed by atoms with Gasteiger partial charge in [0.05, 0.1) is 0 Å². The number of anilines is 1. The zero-order valence-corrected chi connectivity index (χ0v) is 12.0. The Morgan fingerprint density at radius 2 is 1.95 bits per heavy atom. The average molecular weight is 293 g/mol. The van der Waals surface area contributed by atoms with Crippen LogP contribution in [0.5, 0.6) is 5.75 Å². The number of nitrogens with one attached hydrogen (secondary N) is 2. The number of nitrogens with two attached hydrogens (primary N) is 1. The lowest BCUT2D eigenvalue weighted by Crippen LogP contribution is -2.36. The van der Waals surface area contributed by atoms with E-state index in [4.69, 9.17) is 22.7 Å². The van der Waals surface area contributed by atoms with Crippen molar-refractivity contribution in [3.8, 4) is 5.75 Å². The first-order valence-electron chi connectivity index (χ1n) is 6.72. The van der Waals surface area contributed by atoms with Crippen LogP contribution in [0.15, 0.2) is 24.3 Å². The van der Waals surface area contributed by atoms with Gasteiger partial charge in [0.25, 0.3) is 0 Å². The summed E-state index contributed by atoms with van der Waals surface area (Å²) in [6, 6.07) is 7.25. The Morgan fingerprint density at radius 3 is 2.55 bits per heavy atom. The number of carbonyl (C=O) groups excluding carboxylic acids is 1. The lowest BCUT2D eigenvalue weighted by Gasteiger charge is -2.13. The summed E-state index contributed by atoms with van der Waals surface area (Å²) in [6.07, 6.45) is 4.53. The van der Waals surface area contributed by atoms with Crippen LogP contribution in [0.25, 0.3) is 0 Å². The summed E-state index contributed by atoms with van der Waals surface area (Å²) in [5.41, 5.74) is 6.08. The molecule has 1 aromatic rings. The van der Waals surface area contributed by atoms with Crippen molar-refractivity contribution < 1.29 is 9.53 Å². The van der Waals surface area contributed by atoms with Crippen LogP contribution in [0.4, 0.5) is 10.5 Å². The molecule has 1 saturated carbocycles. The van der Waals surface area contributed by atoms with Gasteiger partial charge in [-0.1, -0.05) is 25.1 Å². The number of benzene rings is 1. The molecule has 5 nitrogen and oxygen atoms in total. The fraction of sp³-hybridized carbons (Fsp3) is 0.429. The smallest absolute Gasteiger partial charge is 0.319 e. The highest BCUT2D eigenvalue weighted by Gasteiger charge is 2.16. The van der Waals surface area contributed by atoms with Crippen LogP contribution >= 0.6 is 12.2 Å². The molecule has 0 atom stereocenters. The Hall–Kier alpha value is -1.82. The van der Waals surface area contributed by atoms with E-state index >= 15 is 0 Å². The Morgan fingerprint density at radius 1 is 1.30 bits per heavy atom. The molecule has 20 heavy (non-hydrogen) atoms. The standard InChI is InChI=1S/C14H19N3O2S/c15-13(20)9-19-12-7-5-11(6-8-12)17-14(18)16-10-3-1-2-4-10/h5-8,10H,1-4,9H2,(H2,15,20)(H2,16,17,18). The molecule has 6 heteroatoms. The van der Waals surface area contributed by atoms with Crippen molar-refractivity contribution >= 4 is 28.9 Å². The maximum absolute atomic E-state index is 11.8. The molecule has 0 bridgehead atoms. The molecule has 2 amide bonds. The maximum Gasteiger partial charge on any atom is 0.319 e. The van der Waals surface area contributed by atoms with Gasteiger partial charge < -0.3 is 21.1 Å². The zero-order chi connectivity index (χ0) is 14.4. The summed E-state index contributed by atoms with van der Waals surface area (Å²) in [6.45, 7) is 0.213. The van der Waals surface area contributed by atoms with Gasteiger partial charge in [0, 0.05) is 11.7 Å². The SMILES string of the molecule is NC(=S)COc1ccc(NC(=O)NC2CCCC2)cc1. The van der Waals surface area contributed by atoms with E-state index in [2.05, 4.69) is 10.6 Å². The van der Waals surface area contributed by atoms with Crippen molar-refractivity contribution in [3.63, 3.8) is 0 Å². The first kappa shape index (κ1) is 14.6. The molecule has 0 unspecified atom stereocenters. The van der Waals surface area contributed by atoms with Crippen LogP contribution in [-0.4, -0.2) is 23.7 Å². The van der Waals surface area contributed by atoms with Crippen molar-refractivity contribution in [2.75, 3.05) is 11.9 Å². The molecule has 0 aliphatic heterocycles. The number of amides is 2. The van der Waals surface area contributed by atoms with Crippen LogP contribution in [0, 0.1) is 0 Å². The van der Waals surface area contributed by atoms with Gasteiger partial charge in [0.2, 0.25) is 0 Å². The van der Waals surface area contributed by atoms with Crippen LogP contribution in [-0.2, 0) is 0 Å².